The van der Waals surface area contributed by atoms with Gasteiger partial charge in [0.05, 0.1) is 18.0 Å². The molecular weight excluding hydrogens is 338 g/mol. The molecule has 10 heteroatoms. The maximum Gasteiger partial charge on any atom is 0.414 e. The number of hydrogen-bond donors (Lipinski definition) is 4. The second-order valence-electron chi connectivity index (χ2n) is 4.32. The van der Waals surface area contributed by atoms with E-state index in [1.165, 1.54) is 0 Å². The van der Waals surface area contributed by atoms with E-state index in [2.05, 4.69) is 10.6 Å². The normalized spacial score (nSPS) is 8.96. The zero-order valence-electron chi connectivity index (χ0n) is 13.4. The lowest BCUT2D eigenvalue weighted by Gasteiger charge is -2.18. The van der Waals surface area contributed by atoms with Gasteiger partial charge in [-0.15, -0.1) is 0 Å². The van der Waals surface area contributed by atoms with Crippen molar-refractivity contribution in [3.63, 3.8) is 0 Å². The SMILES string of the molecule is CCOC(=O)NC(=S)Nc1ccccc1N(C)C.O=C(O)C(=O)O. The van der Waals surface area contributed by atoms with E-state index in [-0.39, 0.29) is 5.11 Å². The minimum absolute atomic E-state index is 0.211. The van der Waals surface area contributed by atoms with Crippen LogP contribution in [0, 0.1) is 0 Å². The predicted octanol–water partition coefficient (Wildman–Crippen LogP) is 1.35. The van der Waals surface area contributed by atoms with Crippen LogP contribution in [-0.4, -0.2) is 54.1 Å². The van der Waals surface area contributed by atoms with Gasteiger partial charge >= 0.3 is 18.0 Å². The van der Waals surface area contributed by atoms with Gasteiger partial charge in [0, 0.05) is 14.1 Å². The van der Waals surface area contributed by atoms with Gasteiger partial charge in [-0.3, -0.25) is 5.32 Å². The minimum atomic E-state index is -1.82. The molecule has 1 amide bonds. The number of aliphatic carboxylic acids is 2. The number of nitrogens with one attached hydrogen (secondary N) is 2. The average Bonchev–Trinajstić information content (AvgIpc) is 2.48. The molecule has 0 atom stereocenters. The number of rotatable bonds is 3. The lowest BCUT2D eigenvalue weighted by molar-refractivity contribution is -0.159. The molecule has 0 saturated carbocycles. The fourth-order valence-electron chi connectivity index (χ4n) is 1.38. The summed E-state index contributed by atoms with van der Waals surface area (Å²) in [6.45, 7) is 2.04. The van der Waals surface area contributed by atoms with Crippen LogP contribution in [0.3, 0.4) is 0 Å². The molecule has 0 heterocycles. The number of carboxylic acid groups (broad SMARTS) is 2. The van der Waals surface area contributed by atoms with Crippen molar-refractivity contribution in [1.29, 1.82) is 0 Å². The fraction of sp³-hybridized carbons (Fsp3) is 0.286. The highest BCUT2D eigenvalue weighted by molar-refractivity contribution is 7.80. The van der Waals surface area contributed by atoms with Crippen LogP contribution in [0.1, 0.15) is 6.92 Å². The molecule has 0 aliphatic rings. The molecule has 0 bridgehead atoms. The number of hydrogen-bond acceptors (Lipinski definition) is 6. The number of benzene rings is 1. The number of nitrogens with zero attached hydrogens (tertiary/aromatic N) is 1. The van der Waals surface area contributed by atoms with Crippen LogP contribution in [0.25, 0.3) is 0 Å². The standard InChI is InChI=1S/C12H17N3O2S.C2H2O4/c1-4-17-12(16)14-11(18)13-9-7-5-6-8-10(9)15(2)3;3-1(4)2(5)6/h5-8H,4H2,1-3H3,(H2,13,14,16,18);(H,3,4)(H,5,6). The third-order valence-electron chi connectivity index (χ3n) is 2.31. The Morgan fingerprint density at radius 2 is 1.71 bits per heavy atom. The van der Waals surface area contributed by atoms with Gasteiger partial charge in [0.15, 0.2) is 5.11 Å². The third-order valence-corrected chi connectivity index (χ3v) is 2.51. The van der Waals surface area contributed by atoms with Crippen LogP contribution in [-0.2, 0) is 14.3 Å². The van der Waals surface area contributed by atoms with Crippen LogP contribution < -0.4 is 15.5 Å². The second kappa shape index (κ2) is 10.8. The van der Waals surface area contributed by atoms with E-state index in [0.29, 0.717) is 6.61 Å². The van der Waals surface area contributed by atoms with E-state index in [0.717, 1.165) is 11.4 Å². The van der Waals surface area contributed by atoms with E-state index in [1.54, 1.807) is 6.92 Å². The Hall–Kier alpha value is -2.88. The van der Waals surface area contributed by atoms with Gasteiger partial charge in [0.1, 0.15) is 0 Å². The van der Waals surface area contributed by atoms with Crippen LogP contribution in [0.2, 0.25) is 0 Å². The third kappa shape index (κ3) is 8.54. The van der Waals surface area contributed by atoms with Gasteiger partial charge in [-0.2, -0.15) is 0 Å². The van der Waals surface area contributed by atoms with Crippen molar-refractivity contribution >= 4 is 46.7 Å². The Bertz CT molecular complexity index is 594. The number of carboxylic acids is 2. The van der Waals surface area contributed by atoms with E-state index in [9.17, 15) is 4.79 Å². The highest BCUT2D eigenvalue weighted by Gasteiger charge is 2.08. The molecular formula is C14H19N3O6S. The van der Waals surface area contributed by atoms with Gasteiger partial charge in [-0.25, -0.2) is 14.4 Å². The number of anilines is 2. The number of alkyl carbamates (subject to hydrolysis) is 1. The lowest BCUT2D eigenvalue weighted by Crippen LogP contribution is -2.34. The van der Waals surface area contributed by atoms with Gasteiger partial charge in [0.2, 0.25) is 0 Å². The summed E-state index contributed by atoms with van der Waals surface area (Å²) in [4.78, 5) is 31.3. The summed E-state index contributed by atoms with van der Waals surface area (Å²) < 4.78 is 4.74. The number of para-hydroxylation sites is 2. The summed E-state index contributed by atoms with van der Waals surface area (Å²) in [5.74, 6) is -3.65. The van der Waals surface area contributed by atoms with Gasteiger partial charge < -0.3 is 25.2 Å². The molecule has 4 N–H and O–H groups in total. The van der Waals surface area contributed by atoms with Crippen LogP contribution in [0.5, 0.6) is 0 Å². The van der Waals surface area contributed by atoms with Crippen molar-refractivity contribution in [3.8, 4) is 0 Å². The molecule has 1 rings (SSSR count). The summed E-state index contributed by atoms with van der Waals surface area (Å²) in [5, 5.41) is 20.4. The molecule has 1 aromatic rings. The molecule has 132 valence electrons. The molecule has 0 unspecified atom stereocenters. The molecule has 0 fully saturated rings. The highest BCUT2D eigenvalue weighted by Crippen LogP contribution is 2.23. The molecule has 9 nitrogen and oxygen atoms in total. The van der Waals surface area contributed by atoms with Crippen molar-refractivity contribution in [2.75, 3.05) is 30.9 Å². The van der Waals surface area contributed by atoms with E-state index in [4.69, 9.17) is 36.8 Å². The summed E-state index contributed by atoms with van der Waals surface area (Å²) in [6.07, 6.45) is -0.558. The number of carbonyl (C=O) groups excluding carboxylic acids is 1. The van der Waals surface area contributed by atoms with Crippen molar-refractivity contribution in [1.82, 2.24) is 5.32 Å². The lowest BCUT2D eigenvalue weighted by atomic mass is 10.2. The number of thiocarbonyl (C=S) groups is 1. The molecule has 0 aromatic heterocycles. The maximum absolute atomic E-state index is 11.2. The summed E-state index contributed by atoms with van der Waals surface area (Å²) in [6, 6.07) is 7.66. The van der Waals surface area contributed by atoms with Gasteiger partial charge in [-0.05, 0) is 31.3 Å². The van der Waals surface area contributed by atoms with Crippen molar-refractivity contribution in [3.05, 3.63) is 24.3 Å². The molecule has 0 aliphatic carbocycles. The molecule has 1 aromatic carbocycles. The molecule has 0 aliphatic heterocycles. The van der Waals surface area contributed by atoms with E-state index >= 15 is 0 Å². The largest absolute Gasteiger partial charge is 0.473 e. The molecule has 0 saturated heterocycles. The zero-order chi connectivity index (χ0) is 18.7. The van der Waals surface area contributed by atoms with Crippen LogP contribution >= 0.6 is 12.2 Å². The second-order valence-corrected chi connectivity index (χ2v) is 4.73. The molecule has 0 radical (unpaired) electrons. The number of carbonyl (C=O) groups is 3. The first-order chi connectivity index (χ1) is 11.2. The zero-order valence-corrected chi connectivity index (χ0v) is 14.2. The van der Waals surface area contributed by atoms with Crippen LogP contribution in [0.4, 0.5) is 16.2 Å². The van der Waals surface area contributed by atoms with Crippen LogP contribution in [0.15, 0.2) is 24.3 Å². The monoisotopic (exact) mass is 357 g/mol. The Labute approximate surface area is 144 Å². The van der Waals surface area contributed by atoms with E-state index in [1.807, 2.05) is 43.3 Å². The molecule has 0 spiro atoms. The Morgan fingerprint density at radius 1 is 1.17 bits per heavy atom. The Morgan fingerprint density at radius 3 is 2.17 bits per heavy atom. The first-order valence-electron chi connectivity index (χ1n) is 6.66. The smallest absolute Gasteiger partial charge is 0.414 e. The topological polar surface area (TPSA) is 128 Å². The van der Waals surface area contributed by atoms with Crippen molar-refractivity contribution in [2.24, 2.45) is 0 Å². The first kappa shape index (κ1) is 21.1. The highest BCUT2D eigenvalue weighted by atomic mass is 32.1. The average molecular weight is 357 g/mol. The number of amides is 1. The predicted molar refractivity (Wildman–Crippen MR) is 92.4 cm³/mol. The van der Waals surface area contributed by atoms with Crippen molar-refractivity contribution < 1.29 is 29.3 Å². The summed E-state index contributed by atoms with van der Waals surface area (Å²) in [7, 11) is 3.87. The first-order valence-corrected chi connectivity index (χ1v) is 7.07. The van der Waals surface area contributed by atoms with E-state index < -0.39 is 18.0 Å². The van der Waals surface area contributed by atoms with Crippen molar-refractivity contribution in [2.45, 2.75) is 6.92 Å². The minimum Gasteiger partial charge on any atom is -0.473 e. The fourth-order valence-corrected chi connectivity index (χ4v) is 1.58. The van der Waals surface area contributed by atoms with Gasteiger partial charge in [-0.1, -0.05) is 12.1 Å². The summed E-state index contributed by atoms with van der Waals surface area (Å²) in [5.41, 5.74) is 1.80. The quantitative estimate of drug-likeness (QED) is 0.468. The summed E-state index contributed by atoms with van der Waals surface area (Å²) >= 11 is 5.03. The Kier molecular flexibility index (Phi) is 9.49. The molecule has 24 heavy (non-hydrogen) atoms. The maximum atomic E-state index is 11.2. The van der Waals surface area contributed by atoms with Gasteiger partial charge in [0.25, 0.3) is 0 Å². The Balaban J connectivity index is 0.000000754. The number of ether oxygens (including phenoxy) is 1.